The molecule has 0 aliphatic carbocycles. The number of para-hydroxylation sites is 1. The zero-order valence-corrected chi connectivity index (χ0v) is 14.4. The van der Waals surface area contributed by atoms with Gasteiger partial charge in [-0.1, -0.05) is 18.2 Å². The van der Waals surface area contributed by atoms with Crippen molar-refractivity contribution in [3.05, 3.63) is 53.9 Å². The first-order chi connectivity index (χ1) is 12.6. The Kier molecular flexibility index (Phi) is 3.76. The molecule has 0 radical (unpaired) electrons. The highest BCUT2D eigenvalue weighted by molar-refractivity contribution is 5.99. The number of carbonyl (C=O) groups is 1. The highest BCUT2D eigenvalue weighted by Crippen LogP contribution is 2.35. The summed E-state index contributed by atoms with van der Waals surface area (Å²) in [5.41, 5.74) is 3.11. The van der Waals surface area contributed by atoms with Crippen molar-refractivity contribution in [3.8, 4) is 5.88 Å². The number of azo groups is 1. The molecule has 2 N–H and O–H groups in total. The molecule has 26 heavy (non-hydrogen) atoms. The van der Waals surface area contributed by atoms with Crippen molar-refractivity contribution in [2.45, 2.75) is 20.4 Å². The second kappa shape index (κ2) is 6.11. The molecule has 0 fully saturated rings. The molecule has 7 heteroatoms. The van der Waals surface area contributed by atoms with Gasteiger partial charge < -0.3 is 14.7 Å². The zero-order valence-electron chi connectivity index (χ0n) is 14.4. The maximum absolute atomic E-state index is 12.4. The van der Waals surface area contributed by atoms with E-state index < -0.39 is 5.91 Å². The third kappa shape index (κ3) is 2.54. The van der Waals surface area contributed by atoms with Gasteiger partial charge in [0.25, 0.3) is 5.91 Å². The van der Waals surface area contributed by atoms with E-state index in [1.54, 1.807) is 18.2 Å². The Hall–Kier alpha value is -3.48. The van der Waals surface area contributed by atoms with Crippen molar-refractivity contribution in [2.75, 3.05) is 0 Å². The van der Waals surface area contributed by atoms with Gasteiger partial charge in [-0.25, -0.2) is 4.98 Å². The molecule has 1 amide bonds. The standard InChI is InChI=1S/C19H17N5O2/c1-3-24-11(2)20-15-10-12(8-9-16(15)24)18(25)23-22-17-13-6-4-5-7-14(13)21-19(17)26/h4-10,21,26H,3H2,1-2H3. The predicted octanol–water partition coefficient (Wildman–Crippen LogP) is 4.48. The van der Waals surface area contributed by atoms with Crippen molar-refractivity contribution >= 4 is 33.5 Å². The fraction of sp³-hybridized carbons (Fsp3) is 0.158. The normalized spacial score (nSPS) is 11.8. The minimum Gasteiger partial charge on any atom is -0.493 e. The van der Waals surface area contributed by atoms with E-state index in [0.717, 1.165) is 28.9 Å². The summed E-state index contributed by atoms with van der Waals surface area (Å²) in [6.45, 7) is 4.80. The summed E-state index contributed by atoms with van der Waals surface area (Å²) < 4.78 is 2.08. The van der Waals surface area contributed by atoms with Crippen molar-refractivity contribution < 1.29 is 9.90 Å². The van der Waals surface area contributed by atoms with Crippen LogP contribution < -0.4 is 0 Å². The van der Waals surface area contributed by atoms with Crippen molar-refractivity contribution in [1.82, 2.24) is 14.5 Å². The Morgan fingerprint density at radius 2 is 2.08 bits per heavy atom. The van der Waals surface area contributed by atoms with Crippen molar-refractivity contribution in [3.63, 3.8) is 0 Å². The van der Waals surface area contributed by atoms with Gasteiger partial charge in [0.2, 0.25) is 5.88 Å². The molecule has 0 atom stereocenters. The number of nitrogens with one attached hydrogen (secondary N) is 1. The van der Waals surface area contributed by atoms with Crippen LogP contribution in [0.5, 0.6) is 5.88 Å². The summed E-state index contributed by atoms with van der Waals surface area (Å²) in [5.74, 6) is 0.299. The van der Waals surface area contributed by atoms with Crippen LogP contribution in [-0.2, 0) is 6.54 Å². The van der Waals surface area contributed by atoms with E-state index in [4.69, 9.17) is 0 Å². The molecule has 2 aromatic heterocycles. The summed E-state index contributed by atoms with van der Waals surface area (Å²) in [5, 5.41) is 18.4. The third-order valence-corrected chi connectivity index (χ3v) is 4.40. The molecule has 0 saturated heterocycles. The number of aromatic nitrogens is 3. The molecule has 0 spiro atoms. The predicted molar refractivity (Wildman–Crippen MR) is 99.0 cm³/mol. The highest BCUT2D eigenvalue weighted by Gasteiger charge is 2.13. The number of rotatable bonds is 3. The van der Waals surface area contributed by atoms with Crippen molar-refractivity contribution in [2.24, 2.45) is 10.2 Å². The fourth-order valence-electron chi connectivity index (χ4n) is 3.15. The maximum Gasteiger partial charge on any atom is 0.295 e. The summed E-state index contributed by atoms with van der Waals surface area (Å²) in [6.07, 6.45) is 0. The largest absolute Gasteiger partial charge is 0.493 e. The van der Waals surface area contributed by atoms with Gasteiger partial charge in [0.05, 0.1) is 16.6 Å². The van der Waals surface area contributed by atoms with Crippen LogP contribution in [0, 0.1) is 6.92 Å². The molecule has 130 valence electrons. The molecule has 0 bridgehead atoms. The van der Waals surface area contributed by atoms with Gasteiger partial charge in [-0.05, 0) is 38.1 Å². The fourth-order valence-corrected chi connectivity index (χ4v) is 3.15. The van der Waals surface area contributed by atoms with E-state index in [0.29, 0.717) is 10.9 Å². The quantitative estimate of drug-likeness (QED) is 0.535. The Morgan fingerprint density at radius 3 is 2.88 bits per heavy atom. The Morgan fingerprint density at radius 1 is 1.27 bits per heavy atom. The number of hydrogen-bond acceptors (Lipinski definition) is 4. The number of aryl methyl sites for hydroxylation is 2. The topological polar surface area (TPSA) is 95.6 Å². The number of hydrogen-bond donors (Lipinski definition) is 2. The number of nitrogens with zero attached hydrogens (tertiary/aromatic N) is 4. The monoisotopic (exact) mass is 347 g/mol. The molecule has 2 heterocycles. The number of aromatic amines is 1. The summed E-state index contributed by atoms with van der Waals surface area (Å²) in [7, 11) is 0. The summed E-state index contributed by atoms with van der Waals surface area (Å²) >= 11 is 0. The molecule has 7 nitrogen and oxygen atoms in total. The lowest BCUT2D eigenvalue weighted by atomic mass is 10.2. The van der Waals surface area contributed by atoms with Gasteiger partial charge in [0, 0.05) is 17.5 Å². The van der Waals surface area contributed by atoms with E-state index in [-0.39, 0.29) is 11.6 Å². The van der Waals surface area contributed by atoms with Gasteiger partial charge >= 0.3 is 0 Å². The van der Waals surface area contributed by atoms with Gasteiger partial charge in [-0.3, -0.25) is 4.79 Å². The lowest BCUT2D eigenvalue weighted by Gasteiger charge is -2.01. The molecular formula is C19H17N5O2. The number of H-pyrrole nitrogens is 1. The van der Waals surface area contributed by atoms with Gasteiger partial charge in [0.15, 0.2) is 5.69 Å². The Bertz CT molecular complexity index is 1170. The van der Waals surface area contributed by atoms with Crippen LogP contribution in [0.4, 0.5) is 5.69 Å². The maximum atomic E-state index is 12.4. The van der Waals surface area contributed by atoms with Gasteiger partial charge in [-0.15, -0.1) is 10.2 Å². The molecule has 2 aromatic carbocycles. The van der Waals surface area contributed by atoms with E-state index in [9.17, 15) is 9.90 Å². The number of fused-ring (bicyclic) bond motifs is 2. The van der Waals surface area contributed by atoms with E-state index >= 15 is 0 Å². The summed E-state index contributed by atoms with van der Waals surface area (Å²) in [4.78, 5) is 19.7. The molecular weight excluding hydrogens is 330 g/mol. The van der Waals surface area contributed by atoms with E-state index in [1.165, 1.54) is 0 Å². The number of aromatic hydroxyl groups is 1. The van der Waals surface area contributed by atoms with Crippen LogP contribution in [0.1, 0.15) is 23.1 Å². The van der Waals surface area contributed by atoms with E-state index in [2.05, 4.69) is 31.7 Å². The average molecular weight is 347 g/mol. The highest BCUT2D eigenvalue weighted by atomic mass is 16.3. The summed E-state index contributed by atoms with van der Waals surface area (Å²) in [6, 6.07) is 12.6. The number of amides is 1. The minimum absolute atomic E-state index is 0.115. The smallest absolute Gasteiger partial charge is 0.295 e. The van der Waals surface area contributed by atoms with E-state index in [1.807, 2.05) is 31.2 Å². The second-order valence-electron chi connectivity index (χ2n) is 5.98. The van der Waals surface area contributed by atoms with Crippen LogP contribution >= 0.6 is 0 Å². The molecule has 0 aliphatic heterocycles. The minimum atomic E-state index is -0.486. The van der Waals surface area contributed by atoms with Gasteiger partial charge in [0.1, 0.15) is 5.82 Å². The first-order valence-corrected chi connectivity index (χ1v) is 8.31. The third-order valence-electron chi connectivity index (χ3n) is 4.40. The van der Waals surface area contributed by atoms with Crippen LogP contribution in [0.2, 0.25) is 0 Å². The molecule has 4 rings (SSSR count). The molecule has 0 aliphatic rings. The number of carbonyl (C=O) groups excluding carboxylic acids is 1. The number of benzene rings is 2. The van der Waals surface area contributed by atoms with Crippen molar-refractivity contribution in [1.29, 1.82) is 0 Å². The number of imidazole rings is 1. The van der Waals surface area contributed by atoms with Crippen LogP contribution in [-0.4, -0.2) is 25.5 Å². The second-order valence-corrected chi connectivity index (χ2v) is 5.98. The van der Waals surface area contributed by atoms with Crippen LogP contribution in [0.3, 0.4) is 0 Å². The Balaban J connectivity index is 1.68. The van der Waals surface area contributed by atoms with Crippen LogP contribution in [0.25, 0.3) is 21.9 Å². The van der Waals surface area contributed by atoms with Crippen LogP contribution in [0.15, 0.2) is 52.7 Å². The van der Waals surface area contributed by atoms with Gasteiger partial charge in [-0.2, -0.15) is 0 Å². The first kappa shape index (κ1) is 16.0. The average Bonchev–Trinajstić information content (AvgIpc) is 3.13. The lowest BCUT2D eigenvalue weighted by molar-refractivity contribution is 0.0995. The first-order valence-electron chi connectivity index (χ1n) is 8.31. The molecule has 0 saturated carbocycles. The lowest BCUT2D eigenvalue weighted by Crippen LogP contribution is -1.97. The SMILES string of the molecule is CCn1c(C)nc2cc(C(=O)N=Nc3c(O)[nH]c4ccccc34)ccc21. The Labute approximate surface area is 149 Å². The zero-order chi connectivity index (χ0) is 18.3. The molecule has 4 aromatic rings. The molecule has 0 unspecified atom stereocenters.